The van der Waals surface area contributed by atoms with Gasteiger partial charge in [-0.25, -0.2) is 18.2 Å². The topological polar surface area (TPSA) is 94.1 Å². The van der Waals surface area contributed by atoms with E-state index < -0.39 is 34.8 Å². The number of oxazole rings is 1. The molecule has 31 heavy (non-hydrogen) atoms. The highest BCUT2D eigenvalue weighted by atomic mass is 19.1. The number of hydrogen-bond donors (Lipinski definition) is 2. The lowest BCUT2D eigenvalue weighted by Gasteiger charge is -2.33. The van der Waals surface area contributed by atoms with Crippen LogP contribution in [0.2, 0.25) is 0 Å². The Balaban J connectivity index is 1.69. The van der Waals surface area contributed by atoms with E-state index in [9.17, 15) is 18.0 Å². The molecule has 3 N–H and O–H groups in total. The van der Waals surface area contributed by atoms with Gasteiger partial charge in [-0.2, -0.15) is 0 Å². The first-order chi connectivity index (χ1) is 14.8. The predicted octanol–water partition coefficient (Wildman–Crippen LogP) is 3.72. The Morgan fingerprint density at radius 3 is 2.77 bits per heavy atom. The lowest BCUT2D eigenvalue weighted by Crippen LogP contribution is -2.45. The molecule has 9 heteroatoms. The van der Waals surface area contributed by atoms with Crippen molar-refractivity contribution in [3.63, 3.8) is 0 Å². The minimum Gasteiger partial charge on any atom is -0.438 e. The highest BCUT2D eigenvalue weighted by Gasteiger charge is 2.33. The SMILES string of the molecule is COC[C@H](c1cc(F)c2oc(CC3(N)CCC(F)CC3)nc2c1)c1cc(F)c[nH]c1=O. The van der Waals surface area contributed by atoms with Crippen molar-refractivity contribution in [3.8, 4) is 0 Å². The molecule has 6 nitrogen and oxygen atoms in total. The number of aromatic amines is 1. The molecule has 0 amide bonds. The van der Waals surface area contributed by atoms with Crippen molar-refractivity contribution < 1.29 is 22.3 Å². The number of hydrogen-bond acceptors (Lipinski definition) is 5. The second kappa shape index (κ2) is 8.47. The number of pyridine rings is 1. The zero-order chi connectivity index (χ0) is 22.2. The third-order valence-corrected chi connectivity index (χ3v) is 5.93. The maximum Gasteiger partial charge on any atom is 0.252 e. The van der Waals surface area contributed by atoms with Crippen LogP contribution in [0.4, 0.5) is 13.2 Å². The fourth-order valence-electron chi connectivity index (χ4n) is 4.24. The molecule has 0 radical (unpaired) electrons. The number of benzene rings is 1. The van der Waals surface area contributed by atoms with Crippen molar-refractivity contribution in [2.45, 2.75) is 49.7 Å². The third-order valence-electron chi connectivity index (χ3n) is 5.93. The van der Waals surface area contributed by atoms with Crippen LogP contribution in [0.25, 0.3) is 11.1 Å². The first kappa shape index (κ1) is 21.6. The summed E-state index contributed by atoms with van der Waals surface area (Å²) in [4.78, 5) is 19.0. The van der Waals surface area contributed by atoms with Crippen molar-refractivity contribution in [3.05, 3.63) is 63.4 Å². The molecular weight excluding hydrogens is 411 g/mol. The van der Waals surface area contributed by atoms with E-state index in [0.29, 0.717) is 31.2 Å². The van der Waals surface area contributed by atoms with Gasteiger partial charge < -0.3 is 19.9 Å². The van der Waals surface area contributed by atoms with Gasteiger partial charge in [-0.15, -0.1) is 0 Å². The second-order valence-corrected chi connectivity index (χ2v) is 8.28. The molecule has 4 rings (SSSR count). The van der Waals surface area contributed by atoms with Gasteiger partial charge >= 0.3 is 0 Å². The Bertz CT molecular complexity index is 1140. The summed E-state index contributed by atoms with van der Waals surface area (Å²) in [5.74, 6) is -1.70. The van der Waals surface area contributed by atoms with Gasteiger partial charge in [-0.05, 0) is 49.4 Å². The molecule has 2 aromatic heterocycles. The molecule has 1 atom stereocenters. The Labute approximate surface area is 176 Å². The molecule has 0 unspecified atom stereocenters. The van der Waals surface area contributed by atoms with Crippen LogP contribution in [0.5, 0.6) is 0 Å². The van der Waals surface area contributed by atoms with Crippen LogP contribution in [-0.4, -0.2) is 35.4 Å². The minimum absolute atomic E-state index is 0.0224. The van der Waals surface area contributed by atoms with E-state index in [1.807, 2.05) is 0 Å². The van der Waals surface area contributed by atoms with Gasteiger partial charge in [0.25, 0.3) is 5.56 Å². The Hall–Kier alpha value is -2.65. The van der Waals surface area contributed by atoms with E-state index in [0.717, 1.165) is 12.3 Å². The lowest BCUT2D eigenvalue weighted by molar-refractivity contribution is 0.177. The van der Waals surface area contributed by atoms with Gasteiger partial charge in [0, 0.05) is 36.7 Å². The molecule has 1 fully saturated rings. The summed E-state index contributed by atoms with van der Waals surface area (Å²) in [5.41, 5.74) is 6.02. The summed E-state index contributed by atoms with van der Waals surface area (Å²) in [7, 11) is 1.44. The standard InChI is InChI=1S/C22H24F3N3O3/c1-30-11-16(15-8-14(24)10-27-21(15)29)12-6-17(25)20-18(7-12)28-19(31-20)9-22(26)4-2-13(23)3-5-22/h6-8,10,13,16H,2-5,9,11,26H2,1H3,(H,27,29)/t13?,16-,22?/m1/s1. The maximum atomic E-state index is 14.9. The number of halogens is 3. The molecule has 0 bridgehead atoms. The highest BCUT2D eigenvalue weighted by molar-refractivity contribution is 5.74. The molecule has 3 aromatic rings. The van der Waals surface area contributed by atoms with Crippen molar-refractivity contribution >= 4 is 11.1 Å². The molecule has 1 saturated carbocycles. The highest BCUT2D eigenvalue weighted by Crippen LogP contribution is 2.33. The number of aromatic nitrogens is 2. The number of fused-ring (bicyclic) bond motifs is 1. The Kier molecular flexibility index (Phi) is 5.90. The molecule has 0 spiro atoms. The van der Waals surface area contributed by atoms with E-state index in [1.165, 1.54) is 13.2 Å². The molecule has 1 aliphatic rings. The Morgan fingerprint density at radius 2 is 2.06 bits per heavy atom. The minimum atomic E-state index is -0.844. The first-order valence-corrected chi connectivity index (χ1v) is 10.2. The van der Waals surface area contributed by atoms with Crippen LogP contribution in [0, 0.1) is 11.6 Å². The largest absolute Gasteiger partial charge is 0.438 e. The van der Waals surface area contributed by atoms with Gasteiger partial charge in [0.15, 0.2) is 17.3 Å². The van der Waals surface area contributed by atoms with E-state index in [1.54, 1.807) is 6.07 Å². The number of nitrogens with zero attached hydrogens (tertiary/aromatic N) is 1. The maximum absolute atomic E-state index is 14.9. The fraction of sp³-hybridized carbons (Fsp3) is 0.455. The molecule has 1 aromatic carbocycles. The summed E-state index contributed by atoms with van der Waals surface area (Å²) in [6, 6.07) is 3.94. The van der Waals surface area contributed by atoms with E-state index >= 15 is 0 Å². The quantitative estimate of drug-likeness (QED) is 0.615. The van der Waals surface area contributed by atoms with Crippen LogP contribution in [-0.2, 0) is 11.2 Å². The van der Waals surface area contributed by atoms with Crippen LogP contribution < -0.4 is 11.3 Å². The fourth-order valence-corrected chi connectivity index (χ4v) is 4.24. The first-order valence-electron chi connectivity index (χ1n) is 10.2. The number of H-pyrrole nitrogens is 1. The average molecular weight is 435 g/mol. The number of ether oxygens (including phenoxy) is 1. The third kappa shape index (κ3) is 4.52. The van der Waals surface area contributed by atoms with Crippen molar-refractivity contribution in [2.24, 2.45) is 5.73 Å². The predicted molar refractivity (Wildman–Crippen MR) is 109 cm³/mol. The van der Waals surface area contributed by atoms with Crippen LogP contribution in [0.15, 0.2) is 33.6 Å². The summed E-state index contributed by atoms with van der Waals surface area (Å²) < 4.78 is 52.9. The van der Waals surface area contributed by atoms with Crippen LogP contribution in [0.1, 0.15) is 48.6 Å². The molecule has 0 saturated heterocycles. The summed E-state index contributed by atoms with van der Waals surface area (Å²) in [5, 5.41) is 0. The zero-order valence-electron chi connectivity index (χ0n) is 17.1. The van der Waals surface area contributed by atoms with Gasteiger partial charge in [0.2, 0.25) is 0 Å². The molecule has 1 aliphatic carbocycles. The molecule has 2 heterocycles. The number of nitrogens with one attached hydrogen (secondary N) is 1. The number of alkyl halides is 1. The van der Waals surface area contributed by atoms with Crippen LogP contribution >= 0.6 is 0 Å². The molecule has 0 aliphatic heterocycles. The average Bonchev–Trinajstić information content (AvgIpc) is 3.13. The number of rotatable bonds is 6. The van der Waals surface area contributed by atoms with Gasteiger partial charge in [0.1, 0.15) is 17.5 Å². The van der Waals surface area contributed by atoms with E-state index in [2.05, 4.69) is 9.97 Å². The number of nitrogens with two attached hydrogens (primary N) is 1. The monoisotopic (exact) mass is 435 g/mol. The smallest absolute Gasteiger partial charge is 0.252 e. The molecule has 166 valence electrons. The number of methoxy groups -OCH3 is 1. The van der Waals surface area contributed by atoms with Gasteiger partial charge in [-0.3, -0.25) is 4.79 Å². The summed E-state index contributed by atoms with van der Waals surface area (Å²) in [6.45, 7) is 0.0402. The second-order valence-electron chi connectivity index (χ2n) is 8.28. The van der Waals surface area contributed by atoms with Crippen molar-refractivity contribution in [1.29, 1.82) is 0 Å². The van der Waals surface area contributed by atoms with Crippen molar-refractivity contribution in [1.82, 2.24) is 9.97 Å². The zero-order valence-corrected chi connectivity index (χ0v) is 17.1. The lowest BCUT2D eigenvalue weighted by atomic mass is 9.79. The van der Waals surface area contributed by atoms with Gasteiger partial charge in [-0.1, -0.05) is 0 Å². The summed E-state index contributed by atoms with van der Waals surface area (Å²) in [6.07, 6.45) is 2.16. The normalized spacial score (nSPS) is 22.7. The van der Waals surface area contributed by atoms with Crippen LogP contribution in [0.3, 0.4) is 0 Å². The van der Waals surface area contributed by atoms with E-state index in [4.69, 9.17) is 14.9 Å². The molecular formula is C22H24F3N3O3. The van der Waals surface area contributed by atoms with Crippen molar-refractivity contribution in [2.75, 3.05) is 13.7 Å². The van der Waals surface area contributed by atoms with Gasteiger partial charge in [0.05, 0.1) is 6.61 Å². The van der Waals surface area contributed by atoms with E-state index in [-0.39, 0.29) is 35.6 Å². The summed E-state index contributed by atoms with van der Waals surface area (Å²) >= 11 is 0. The Morgan fingerprint density at radius 1 is 1.32 bits per heavy atom.